The molecule has 2 aliphatic carbocycles. The Bertz CT molecular complexity index is 637. The van der Waals surface area contributed by atoms with Gasteiger partial charge in [-0.05, 0) is 32.1 Å². The number of piperazine rings is 1. The highest BCUT2D eigenvalue weighted by molar-refractivity contribution is 5.83. The van der Waals surface area contributed by atoms with Crippen LogP contribution in [0.3, 0.4) is 0 Å². The maximum Gasteiger partial charge on any atom is 0.237 e. The molecule has 5 rings (SSSR count). The zero-order chi connectivity index (χ0) is 16.8. The molecule has 4 fully saturated rings. The Balaban J connectivity index is 1.25. The van der Waals surface area contributed by atoms with E-state index in [0.29, 0.717) is 30.4 Å². The third-order valence-electron chi connectivity index (χ3n) is 6.27. The third-order valence-corrected chi connectivity index (χ3v) is 6.27. The van der Waals surface area contributed by atoms with Crippen LogP contribution in [-0.4, -0.2) is 58.3 Å². The minimum Gasteiger partial charge on any atom is -0.425 e. The van der Waals surface area contributed by atoms with Gasteiger partial charge >= 0.3 is 0 Å². The Labute approximate surface area is 147 Å². The highest BCUT2D eigenvalue weighted by Crippen LogP contribution is 2.39. The van der Waals surface area contributed by atoms with Crippen molar-refractivity contribution >= 4 is 5.91 Å². The van der Waals surface area contributed by atoms with Crippen molar-refractivity contribution in [3.8, 4) is 0 Å². The highest BCUT2D eigenvalue weighted by atomic mass is 16.4. The Morgan fingerprint density at radius 1 is 1.16 bits per heavy atom. The smallest absolute Gasteiger partial charge is 0.237 e. The van der Waals surface area contributed by atoms with Crippen LogP contribution >= 0.6 is 0 Å². The molecule has 0 unspecified atom stereocenters. The first-order chi connectivity index (χ1) is 12.3. The topological polar surface area (TPSA) is 83.3 Å². The largest absolute Gasteiger partial charge is 0.425 e. The van der Waals surface area contributed by atoms with Crippen LogP contribution in [-0.2, 0) is 11.2 Å². The van der Waals surface area contributed by atoms with E-state index in [1.165, 1.54) is 38.5 Å². The van der Waals surface area contributed by atoms with Crippen molar-refractivity contribution in [1.82, 2.24) is 25.7 Å². The minimum atomic E-state index is -0.0107. The first-order valence-corrected chi connectivity index (χ1v) is 9.88. The van der Waals surface area contributed by atoms with Crippen molar-refractivity contribution in [3.05, 3.63) is 11.8 Å². The van der Waals surface area contributed by atoms with Gasteiger partial charge in [0.25, 0.3) is 0 Å². The van der Waals surface area contributed by atoms with Crippen molar-refractivity contribution in [2.75, 3.05) is 13.1 Å². The number of rotatable bonds is 5. The summed E-state index contributed by atoms with van der Waals surface area (Å²) in [6, 6.07) is 1.31. The number of hydrogen-bond acceptors (Lipinski definition) is 6. The van der Waals surface area contributed by atoms with E-state index in [4.69, 9.17) is 4.42 Å². The Kier molecular flexibility index (Phi) is 4.01. The molecule has 4 aliphatic rings. The molecule has 1 aromatic rings. The second-order valence-corrected chi connectivity index (χ2v) is 8.20. The van der Waals surface area contributed by atoms with Gasteiger partial charge in [-0.25, -0.2) is 0 Å². The summed E-state index contributed by atoms with van der Waals surface area (Å²) in [5.41, 5.74) is 0. The monoisotopic (exact) mass is 345 g/mol. The normalized spacial score (nSPS) is 33.6. The number of amides is 1. The van der Waals surface area contributed by atoms with Gasteiger partial charge in [0, 0.05) is 43.6 Å². The molecule has 0 bridgehead atoms. The fourth-order valence-corrected chi connectivity index (χ4v) is 4.76. The number of carbonyl (C=O) groups excluding carboxylic acids is 1. The number of fused-ring (bicyclic) bond motifs is 1. The molecule has 3 atom stereocenters. The average Bonchev–Trinajstić information content (AvgIpc) is 3.02. The Morgan fingerprint density at radius 2 is 2.00 bits per heavy atom. The van der Waals surface area contributed by atoms with Crippen molar-refractivity contribution in [1.29, 1.82) is 0 Å². The molecular formula is C18H27N5O2. The van der Waals surface area contributed by atoms with Gasteiger partial charge in [-0.2, -0.15) is 0 Å². The van der Waals surface area contributed by atoms with E-state index >= 15 is 0 Å². The molecule has 2 saturated heterocycles. The molecule has 0 radical (unpaired) electrons. The average molecular weight is 345 g/mol. The molecule has 0 aromatic carbocycles. The van der Waals surface area contributed by atoms with Crippen LogP contribution < -0.4 is 10.6 Å². The molecule has 2 aliphatic heterocycles. The minimum absolute atomic E-state index is 0.0107. The van der Waals surface area contributed by atoms with Crippen LogP contribution in [0.2, 0.25) is 0 Å². The van der Waals surface area contributed by atoms with Gasteiger partial charge in [-0.3, -0.25) is 9.69 Å². The maximum atomic E-state index is 12.3. The fourth-order valence-electron chi connectivity index (χ4n) is 4.76. The lowest BCUT2D eigenvalue weighted by Gasteiger charge is -2.36. The summed E-state index contributed by atoms with van der Waals surface area (Å²) in [4.78, 5) is 14.7. The van der Waals surface area contributed by atoms with E-state index in [1.54, 1.807) is 0 Å². The summed E-state index contributed by atoms with van der Waals surface area (Å²) in [6.45, 7) is 1.62. The van der Waals surface area contributed by atoms with E-state index < -0.39 is 0 Å². The summed E-state index contributed by atoms with van der Waals surface area (Å²) in [5, 5.41) is 15.3. The number of aromatic nitrogens is 2. The van der Waals surface area contributed by atoms with Gasteiger partial charge in [0.05, 0.1) is 6.04 Å². The van der Waals surface area contributed by atoms with Crippen molar-refractivity contribution in [2.24, 2.45) is 0 Å². The van der Waals surface area contributed by atoms with Gasteiger partial charge in [-0.1, -0.05) is 12.8 Å². The number of nitrogens with zero attached hydrogens (tertiary/aromatic N) is 3. The number of carbonyl (C=O) groups is 1. The molecule has 3 heterocycles. The fraction of sp³-hybridized carbons (Fsp3) is 0.833. The molecule has 2 saturated carbocycles. The molecule has 1 aromatic heterocycles. The molecule has 2 N–H and O–H groups in total. The van der Waals surface area contributed by atoms with Crippen LogP contribution in [0.15, 0.2) is 4.42 Å². The lowest BCUT2D eigenvalue weighted by molar-refractivity contribution is -0.129. The second kappa shape index (κ2) is 6.36. The third kappa shape index (κ3) is 3.19. The summed E-state index contributed by atoms with van der Waals surface area (Å²) in [6.07, 6.45) is 9.21. The van der Waals surface area contributed by atoms with Gasteiger partial charge < -0.3 is 15.1 Å². The second-order valence-electron chi connectivity index (χ2n) is 8.20. The van der Waals surface area contributed by atoms with E-state index in [9.17, 15) is 4.79 Å². The summed E-state index contributed by atoms with van der Waals surface area (Å²) in [7, 11) is 0. The Morgan fingerprint density at radius 3 is 2.80 bits per heavy atom. The van der Waals surface area contributed by atoms with Crippen LogP contribution in [0.25, 0.3) is 0 Å². The number of nitrogens with one attached hydrogen (secondary N) is 2. The van der Waals surface area contributed by atoms with E-state index in [0.717, 1.165) is 25.3 Å². The van der Waals surface area contributed by atoms with Crippen molar-refractivity contribution in [2.45, 2.75) is 81.5 Å². The van der Waals surface area contributed by atoms with E-state index in [1.807, 2.05) is 0 Å². The summed E-state index contributed by atoms with van der Waals surface area (Å²) < 4.78 is 5.84. The summed E-state index contributed by atoms with van der Waals surface area (Å²) >= 11 is 0. The zero-order valence-corrected chi connectivity index (χ0v) is 14.6. The molecule has 0 spiro atoms. The van der Waals surface area contributed by atoms with E-state index in [-0.39, 0.29) is 18.0 Å². The van der Waals surface area contributed by atoms with Gasteiger partial charge in [0.15, 0.2) is 0 Å². The lowest BCUT2D eigenvalue weighted by atomic mass is 10.1. The van der Waals surface area contributed by atoms with Crippen LogP contribution in [0, 0.1) is 0 Å². The molecule has 25 heavy (non-hydrogen) atoms. The van der Waals surface area contributed by atoms with Crippen molar-refractivity contribution in [3.63, 3.8) is 0 Å². The number of hydrogen-bond donors (Lipinski definition) is 2. The first kappa shape index (κ1) is 15.8. The highest BCUT2D eigenvalue weighted by Gasteiger charge is 2.44. The molecular weight excluding hydrogens is 318 g/mol. The molecule has 7 heteroatoms. The standard InChI is InChI=1S/C18H27N5O2/c24-17-15-7-13(20-12-3-1-2-4-12)10-23(15)14(9-19-17)8-16-21-22-18(25-16)11-5-6-11/h11-15,20H,1-10H2,(H,19,24)/t13-,14+,15-/m0/s1. The molecule has 7 nitrogen and oxygen atoms in total. The quantitative estimate of drug-likeness (QED) is 0.827. The Hall–Kier alpha value is -1.47. The molecule has 136 valence electrons. The van der Waals surface area contributed by atoms with Crippen LogP contribution in [0.5, 0.6) is 0 Å². The summed E-state index contributed by atoms with van der Waals surface area (Å²) in [5.74, 6) is 2.19. The lowest BCUT2D eigenvalue weighted by Crippen LogP contribution is -2.58. The maximum absolute atomic E-state index is 12.3. The predicted octanol–water partition coefficient (Wildman–Crippen LogP) is 0.963. The van der Waals surface area contributed by atoms with E-state index in [2.05, 4.69) is 25.7 Å². The van der Waals surface area contributed by atoms with Crippen LogP contribution in [0.4, 0.5) is 0 Å². The molecule has 1 amide bonds. The zero-order valence-electron chi connectivity index (χ0n) is 14.6. The van der Waals surface area contributed by atoms with Crippen molar-refractivity contribution < 1.29 is 9.21 Å². The van der Waals surface area contributed by atoms with Gasteiger partial charge in [0.1, 0.15) is 0 Å². The SMILES string of the molecule is O=C1NC[C@@H](Cc2nnc(C3CC3)o2)N2C[C@@H](NC3CCCC3)C[C@@H]12. The van der Waals surface area contributed by atoms with Crippen LogP contribution in [0.1, 0.15) is 62.6 Å². The van der Waals surface area contributed by atoms with Gasteiger partial charge in [-0.15, -0.1) is 10.2 Å². The first-order valence-electron chi connectivity index (χ1n) is 9.88. The van der Waals surface area contributed by atoms with Gasteiger partial charge in [0.2, 0.25) is 17.7 Å². The predicted molar refractivity (Wildman–Crippen MR) is 91.1 cm³/mol.